The van der Waals surface area contributed by atoms with Crippen LogP contribution in [0.15, 0.2) is 65.6 Å². The van der Waals surface area contributed by atoms with Crippen LogP contribution in [-0.4, -0.2) is 10.9 Å². The summed E-state index contributed by atoms with van der Waals surface area (Å²) in [4.78, 5) is 16.2. The highest BCUT2D eigenvalue weighted by atomic mass is 35.5. The van der Waals surface area contributed by atoms with Gasteiger partial charge in [0.15, 0.2) is 0 Å². The molecule has 0 aliphatic heterocycles. The Bertz CT molecular complexity index is 842. The summed E-state index contributed by atoms with van der Waals surface area (Å²) < 4.78 is 0. The number of thiophene rings is 1. The van der Waals surface area contributed by atoms with Crippen molar-refractivity contribution in [2.45, 2.75) is 6.54 Å². The molecule has 0 aliphatic carbocycles. The molecule has 0 atom stereocenters. The summed E-state index contributed by atoms with van der Waals surface area (Å²) >= 11 is 7.48. The Hall–Kier alpha value is -2.43. The van der Waals surface area contributed by atoms with E-state index in [1.165, 1.54) is 6.08 Å². The lowest BCUT2D eigenvalue weighted by atomic mass is 10.1. The number of benzene rings is 1. The molecule has 5 heteroatoms. The van der Waals surface area contributed by atoms with E-state index in [4.69, 9.17) is 11.6 Å². The van der Waals surface area contributed by atoms with Crippen LogP contribution in [0.5, 0.6) is 0 Å². The number of halogens is 1. The Kier molecular flexibility index (Phi) is 5.41. The standard InChI is InChI=1S/C19H15ClN2OS/c20-18-4-1-14(2-5-18)3-6-19(23)22-11-15-9-17(12-21-10-15)16-7-8-24-13-16/h1-10,12-13H,11H2,(H,22,23)/b6-3+. The van der Waals surface area contributed by atoms with Crippen LogP contribution in [-0.2, 0) is 11.3 Å². The molecule has 1 N–H and O–H groups in total. The molecule has 1 amide bonds. The quantitative estimate of drug-likeness (QED) is 0.669. The number of nitrogens with zero attached hydrogens (tertiary/aromatic N) is 1. The first-order valence-electron chi connectivity index (χ1n) is 7.39. The molecule has 0 radical (unpaired) electrons. The van der Waals surface area contributed by atoms with E-state index < -0.39 is 0 Å². The number of carbonyl (C=O) groups is 1. The van der Waals surface area contributed by atoms with Gasteiger partial charge in [0.2, 0.25) is 5.91 Å². The van der Waals surface area contributed by atoms with Crippen LogP contribution in [0.1, 0.15) is 11.1 Å². The number of hydrogen-bond acceptors (Lipinski definition) is 3. The van der Waals surface area contributed by atoms with Crippen LogP contribution in [0.2, 0.25) is 5.02 Å². The van der Waals surface area contributed by atoms with Crippen LogP contribution in [0.25, 0.3) is 17.2 Å². The van der Waals surface area contributed by atoms with Crippen molar-refractivity contribution in [2.75, 3.05) is 0 Å². The SMILES string of the molecule is O=C(/C=C/c1ccc(Cl)cc1)NCc1cncc(-c2ccsc2)c1. The zero-order valence-corrected chi connectivity index (χ0v) is 14.3. The Labute approximate surface area is 149 Å². The highest BCUT2D eigenvalue weighted by Crippen LogP contribution is 2.21. The maximum atomic E-state index is 11.9. The van der Waals surface area contributed by atoms with Gasteiger partial charge >= 0.3 is 0 Å². The molecule has 120 valence electrons. The minimum absolute atomic E-state index is 0.147. The number of hydrogen-bond donors (Lipinski definition) is 1. The number of aromatic nitrogens is 1. The van der Waals surface area contributed by atoms with E-state index in [0.717, 1.165) is 22.3 Å². The third kappa shape index (κ3) is 4.54. The van der Waals surface area contributed by atoms with Crippen LogP contribution >= 0.6 is 22.9 Å². The molecule has 3 rings (SSSR count). The van der Waals surface area contributed by atoms with E-state index in [0.29, 0.717) is 11.6 Å². The first-order chi connectivity index (χ1) is 11.7. The minimum Gasteiger partial charge on any atom is -0.348 e. The molecule has 1 aromatic carbocycles. The van der Waals surface area contributed by atoms with Gasteiger partial charge in [-0.2, -0.15) is 11.3 Å². The second-order valence-corrected chi connectivity index (χ2v) is 6.41. The molecule has 24 heavy (non-hydrogen) atoms. The first kappa shape index (κ1) is 16.4. The molecular weight excluding hydrogens is 340 g/mol. The number of carbonyl (C=O) groups excluding carboxylic acids is 1. The first-order valence-corrected chi connectivity index (χ1v) is 8.71. The number of nitrogens with one attached hydrogen (secondary N) is 1. The van der Waals surface area contributed by atoms with Crippen molar-refractivity contribution in [2.24, 2.45) is 0 Å². The number of rotatable bonds is 5. The smallest absolute Gasteiger partial charge is 0.244 e. The Morgan fingerprint density at radius 3 is 2.75 bits per heavy atom. The molecule has 0 fully saturated rings. The molecular formula is C19H15ClN2OS. The average molecular weight is 355 g/mol. The van der Waals surface area contributed by atoms with Crippen molar-refractivity contribution < 1.29 is 4.79 Å². The summed E-state index contributed by atoms with van der Waals surface area (Å²) in [7, 11) is 0. The van der Waals surface area contributed by atoms with Crippen molar-refractivity contribution in [3.63, 3.8) is 0 Å². The average Bonchev–Trinajstić information content (AvgIpc) is 3.14. The highest BCUT2D eigenvalue weighted by molar-refractivity contribution is 7.08. The van der Waals surface area contributed by atoms with Crippen molar-refractivity contribution in [1.29, 1.82) is 0 Å². The van der Waals surface area contributed by atoms with Gasteiger partial charge in [0, 0.05) is 35.6 Å². The van der Waals surface area contributed by atoms with Gasteiger partial charge in [0.1, 0.15) is 0 Å². The normalized spacial score (nSPS) is 10.9. The molecule has 2 heterocycles. The highest BCUT2D eigenvalue weighted by Gasteiger charge is 2.02. The van der Waals surface area contributed by atoms with E-state index in [1.807, 2.05) is 29.8 Å². The van der Waals surface area contributed by atoms with Crippen molar-refractivity contribution in [1.82, 2.24) is 10.3 Å². The van der Waals surface area contributed by atoms with Gasteiger partial charge in [-0.15, -0.1) is 0 Å². The van der Waals surface area contributed by atoms with E-state index >= 15 is 0 Å². The molecule has 0 saturated carbocycles. The predicted octanol–water partition coefficient (Wildman–Crippen LogP) is 4.79. The summed E-state index contributed by atoms with van der Waals surface area (Å²) in [6.07, 6.45) is 6.86. The minimum atomic E-state index is -0.147. The van der Waals surface area contributed by atoms with E-state index in [-0.39, 0.29) is 5.91 Å². The van der Waals surface area contributed by atoms with Gasteiger partial charge < -0.3 is 5.32 Å². The van der Waals surface area contributed by atoms with Gasteiger partial charge in [-0.3, -0.25) is 9.78 Å². The van der Waals surface area contributed by atoms with E-state index in [9.17, 15) is 4.79 Å². The zero-order chi connectivity index (χ0) is 16.8. The van der Waals surface area contributed by atoms with E-state index in [2.05, 4.69) is 21.7 Å². The van der Waals surface area contributed by atoms with Crippen LogP contribution in [0.4, 0.5) is 0 Å². The molecule has 0 spiro atoms. The van der Waals surface area contributed by atoms with Crippen LogP contribution in [0, 0.1) is 0 Å². The Morgan fingerprint density at radius 2 is 2.00 bits per heavy atom. The lowest BCUT2D eigenvalue weighted by Crippen LogP contribution is -2.20. The summed E-state index contributed by atoms with van der Waals surface area (Å²) in [6, 6.07) is 11.4. The molecule has 0 aliphatic rings. The molecule has 3 aromatic rings. The Morgan fingerprint density at radius 1 is 1.17 bits per heavy atom. The number of pyridine rings is 1. The van der Waals surface area contributed by atoms with Gasteiger partial charge in [-0.25, -0.2) is 0 Å². The maximum absolute atomic E-state index is 11.9. The second-order valence-electron chi connectivity index (χ2n) is 5.20. The van der Waals surface area contributed by atoms with E-state index in [1.54, 1.807) is 35.7 Å². The van der Waals surface area contributed by atoms with Gasteiger partial charge in [0.05, 0.1) is 0 Å². The molecule has 0 saturated heterocycles. The Balaban J connectivity index is 1.58. The summed E-state index contributed by atoms with van der Waals surface area (Å²) in [5.74, 6) is -0.147. The lowest BCUT2D eigenvalue weighted by molar-refractivity contribution is -0.116. The topological polar surface area (TPSA) is 42.0 Å². The fraction of sp³-hybridized carbons (Fsp3) is 0.0526. The second kappa shape index (κ2) is 7.90. The van der Waals surface area contributed by atoms with Gasteiger partial charge in [-0.1, -0.05) is 23.7 Å². The number of amides is 1. The van der Waals surface area contributed by atoms with Crippen LogP contribution in [0.3, 0.4) is 0 Å². The van der Waals surface area contributed by atoms with Gasteiger partial charge in [-0.05, 0) is 57.8 Å². The van der Waals surface area contributed by atoms with Crippen LogP contribution < -0.4 is 5.32 Å². The summed E-state index contributed by atoms with van der Waals surface area (Å²) in [5, 5.41) is 7.65. The lowest BCUT2D eigenvalue weighted by Gasteiger charge is -2.04. The third-order valence-electron chi connectivity index (χ3n) is 3.41. The predicted molar refractivity (Wildman–Crippen MR) is 99.9 cm³/mol. The van der Waals surface area contributed by atoms with Gasteiger partial charge in [0.25, 0.3) is 0 Å². The molecule has 3 nitrogen and oxygen atoms in total. The summed E-state index contributed by atoms with van der Waals surface area (Å²) in [6.45, 7) is 0.439. The molecule has 0 bridgehead atoms. The fourth-order valence-electron chi connectivity index (χ4n) is 2.16. The fourth-order valence-corrected chi connectivity index (χ4v) is 2.96. The monoisotopic (exact) mass is 354 g/mol. The molecule has 2 aromatic heterocycles. The van der Waals surface area contributed by atoms with Crippen molar-refractivity contribution in [3.8, 4) is 11.1 Å². The van der Waals surface area contributed by atoms with Crippen molar-refractivity contribution in [3.05, 3.63) is 81.8 Å². The molecule has 0 unspecified atom stereocenters. The van der Waals surface area contributed by atoms with Crippen molar-refractivity contribution >= 4 is 34.9 Å². The third-order valence-corrected chi connectivity index (χ3v) is 4.35. The maximum Gasteiger partial charge on any atom is 0.244 e. The largest absolute Gasteiger partial charge is 0.348 e. The zero-order valence-electron chi connectivity index (χ0n) is 12.8. The summed E-state index contributed by atoms with van der Waals surface area (Å²) in [5.41, 5.74) is 4.09.